The van der Waals surface area contributed by atoms with Crippen molar-refractivity contribution in [3.8, 4) is 0 Å². The minimum Gasteiger partial charge on any atom is -0.458 e. The van der Waals surface area contributed by atoms with E-state index in [9.17, 15) is 4.79 Å². The van der Waals surface area contributed by atoms with Gasteiger partial charge in [-0.1, -0.05) is 13.8 Å². The second kappa shape index (κ2) is 5.47. The Hall–Kier alpha value is -0.610. The molecular weight excluding hydrogens is 194 g/mol. The Bertz CT molecular complexity index is 208. The lowest BCUT2D eigenvalue weighted by molar-refractivity contribution is -0.168. The van der Waals surface area contributed by atoms with Crippen LogP contribution in [-0.4, -0.2) is 30.8 Å². The highest BCUT2D eigenvalue weighted by Gasteiger charge is 2.31. The fourth-order valence-electron chi connectivity index (χ4n) is 1.12. The fraction of sp³-hybridized carbons (Fsp3) is 0.909. The Kier molecular flexibility index (Phi) is 5.24. The number of methoxy groups -OCH3 is 1. The molecule has 0 aromatic rings. The molecule has 2 atom stereocenters. The van der Waals surface area contributed by atoms with Crippen LogP contribution in [0.1, 0.15) is 34.6 Å². The molecule has 0 aromatic heterocycles. The molecule has 15 heavy (non-hydrogen) atoms. The predicted octanol–water partition coefficient (Wildman–Crippen LogP) is 1.33. The number of ether oxygens (including phenoxy) is 2. The van der Waals surface area contributed by atoms with Crippen LogP contribution >= 0.6 is 0 Å². The third-order valence-electron chi connectivity index (χ3n) is 2.01. The summed E-state index contributed by atoms with van der Waals surface area (Å²) in [6.07, 6.45) is -0.691. The van der Waals surface area contributed by atoms with E-state index >= 15 is 0 Å². The first-order valence-corrected chi connectivity index (χ1v) is 5.20. The van der Waals surface area contributed by atoms with Gasteiger partial charge in [0.2, 0.25) is 0 Å². The summed E-state index contributed by atoms with van der Waals surface area (Å²) in [6.45, 7) is 9.34. The van der Waals surface area contributed by atoms with Gasteiger partial charge in [0, 0.05) is 13.2 Å². The van der Waals surface area contributed by atoms with Crippen LogP contribution in [0.2, 0.25) is 0 Å². The van der Waals surface area contributed by atoms with Crippen molar-refractivity contribution in [3.63, 3.8) is 0 Å². The zero-order valence-electron chi connectivity index (χ0n) is 10.5. The van der Waals surface area contributed by atoms with Gasteiger partial charge in [0.1, 0.15) is 5.60 Å². The highest BCUT2D eigenvalue weighted by atomic mass is 16.6. The number of rotatable bonds is 4. The molecule has 0 aromatic carbocycles. The average molecular weight is 217 g/mol. The normalized spacial score (nSPS) is 16.3. The van der Waals surface area contributed by atoms with Gasteiger partial charge in [0.05, 0.1) is 0 Å². The van der Waals surface area contributed by atoms with Crippen LogP contribution < -0.4 is 5.73 Å². The molecule has 0 radical (unpaired) electrons. The molecule has 0 amide bonds. The number of carbonyl (C=O) groups excluding carboxylic acids is 1. The molecular formula is C11H23NO3. The minimum atomic E-state index is -0.691. The fourth-order valence-corrected chi connectivity index (χ4v) is 1.12. The van der Waals surface area contributed by atoms with Gasteiger partial charge < -0.3 is 15.2 Å². The highest BCUT2D eigenvalue weighted by molar-refractivity contribution is 5.76. The van der Waals surface area contributed by atoms with Gasteiger partial charge in [-0.2, -0.15) is 0 Å². The molecule has 90 valence electrons. The molecule has 1 unspecified atom stereocenters. The summed E-state index contributed by atoms with van der Waals surface area (Å²) in [4.78, 5) is 11.7. The average Bonchev–Trinajstić information content (AvgIpc) is 2.01. The lowest BCUT2D eigenvalue weighted by Gasteiger charge is -2.27. The molecule has 0 fully saturated rings. The lowest BCUT2D eigenvalue weighted by atomic mass is 9.99. The van der Waals surface area contributed by atoms with Crippen molar-refractivity contribution in [1.29, 1.82) is 0 Å². The number of hydrogen-bond acceptors (Lipinski definition) is 4. The van der Waals surface area contributed by atoms with Crippen molar-refractivity contribution in [3.05, 3.63) is 0 Å². The largest absolute Gasteiger partial charge is 0.458 e. The van der Waals surface area contributed by atoms with Crippen LogP contribution in [0.4, 0.5) is 0 Å². The Morgan fingerprint density at radius 3 is 2.00 bits per heavy atom. The third-order valence-corrected chi connectivity index (χ3v) is 2.01. The van der Waals surface area contributed by atoms with Crippen LogP contribution in [0.15, 0.2) is 0 Å². The summed E-state index contributed by atoms with van der Waals surface area (Å²) >= 11 is 0. The molecule has 0 heterocycles. The van der Waals surface area contributed by atoms with Crippen LogP contribution in [0.25, 0.3) is 0 Å². The van der Waals surface area contributed by atoms with Crippen LogP contribution in [0.3, 0.4) is 0 Å². The molecule has 0 saturated heterocycles. The summed E-state index contributed by atoms with van der Waals surface area (Å²) in [5.41, 5.74) is 5.36. The topological polar surface area (TPSA) is 61.5 Å². The van der Waals surface area contributed by atoms with E-state index in [0.29, 0.717) is 0 Å². The number of carbonyl (C=O) groups is 1. The molecule has 4 heteroatoms. The first kappa shape index (κ1) is 14.4. The van der Waals surface area contributed by atoms with Gasteiger partial charge in [-0.3, -0.25) is 0 Å². The maximum Gasteiger partial charge on any atom is 0.337 e. The van der Waals surface area contributed by atoms with E-state index < -0.39 is 17.7 Å². The summed E-state index contributed by atoms with van der Waals surface area (Å²) in [7, 11) is 1.47. The smallest absolute Gasteiger partial charge is 0.337 e. The molecule has 0 rings (SSSR count). The zero-order valence-corrected chi connectivity index (χ0v) is 10.5. The van der Waals surface area contributed by atoms with E-state index in [1.807, 2.05) is 34.6 Å². The Morgan fingerprint density at radius 1 is 1.27 bits per heavy atom. The van der Waals surface area contributed by atoms with E-state index in [2.05, 4.69) is 0 Å². The highest BCUT2D eigenvalue weighted by Crippen LogP contribution is 2.13. The van der Waals surface area contributed by atoms with Crippen molar-refractivity contribution in [2.75, 3.05) is 7.11 Å². The summed E-state index contributed by atoms with van der Waals surface area (Å²) in [6, 6.07) is -0.343. The first-order valence-electron chi connectivity index (χ1n) is 5.20. The van der Waals surface area contributed by atoms with E-state index in [-0.39, 0.29) is 12.0 Å². The zero-order chi connectivity index (χ0) is 12.2. The molecule has 0 aliphatic heterocycles. The lowest BCUT2D eigenvalue weighted by Crippen LogP contribution is -2.47. The quantitative estimate of drug-likeness (QED) is 0.722. The summed E-state index contributed by atoms with van der Waals surface area (Å²) < 4.78 is 10.3. The van der Waals surface area contributed by atoms with Crippen LogP contribution in [-0.2, 0) is 14.3 Å². The molecule has 0 aliphatic rings. The first-order chi connectivity index (χ1) is 6.69. The van der Waals surface area contributed by atoms with Crippen molar-refractivity contribution < 1.29 is 14.3 Å². The number of esters is 1. The van der Waals surface area contributed by atoms with Gasteiger partial charge in [-0.25, -0.2) is 4.79 Å². The standard InChI is InChI=1S/C11H23NO3/c1-7(2)8(12)9(14-6)10(13)15-11(3,4)5/h7-9H,12H2,1-6H3/t8-,9?/m1/s1. The molecule has 0 saturated carbocycles. The van der Waals surface area contributed by atoms with E-state index in [1.54, 1.807) is 0 Å². The van der Waals surface area contributed by atoms with Crippen LogP contribution in [0.5, 0.6) is 0 Å². The maximum atomic E-state index is 11.7. The van der Waals surface area contributed by atoms with Gasteiger partial charge in [-0.15, -0.1) is 0 Å². The van der Waals surface area contributed by atoms with E-state index in [4.69, 9.17) is 15.2 Å². The van der Waals surface area contributed by atoms with Crippen LogP contribution in [0, 0.1) is 5.92 Å². The molecule has 4 nitrogen and oxygen atoms in total. The van der Waals surface area contributed by atoms with Gasteiger partial charge >= 0.3 is 5.97 Å². The number of hydrogen-bond donors (Lipinski definition) is 1. The van der Waals surface area contributed by atoms with Gasteiger partial charge in [0.15, 0.2) is 6.10 Å². The van der Waals surface area contributed by atoms with Crippen molar-refractivity contribution >= 4 is 5.97 Å². The van der Waals surface area contributed by atoms with Crippen molar-refractivity contribution in [2.45, 2.75) is 52.4 Å². The SMILES string of the molecule is COC(C(=O)OC(C)(C)C)[C@H](N)C(C)C. The maximum absolute atomic E-state index is 11.7. The third kappa shape index (κ3) is 5.14. The van der Waals surface area contributed by atoms with Crippen molar-refractivity contribution in [2.24, 2.45) is 11.7 Å². The Morgan fingerprint density at radius 2 is 1.73 bits per heavy atom. The summed E-state index contributed by atoms with van der Waals surface area (Å²) in [5, 5.41) is 0. The number of nitrogens with two attached hydrogens (primary N) is 1. The van der Waals surface area contributed by atoms with Crippen molar-refractivity contribution in [1.82, 2.24) is 0 Å². The van der Waals surface area contributed by atoms with Gasteiger partial charge in [-0.05, 0) is 26.7 Å². The molecule has 0 bridgehead atoms. The second-order valence-electron chi connectivity index (χ2n) is 5.01. The minimum absolute atomic E-state index is 0.169. The Labute approximate surface area is 92.1 Å². The Balaban J connectivity index is 4.48. The monoisotopic (exact) mass is 217 g/mol. The molecule has 0 aliphatic carbocycles. The second-order valence-corrected chi connectivity index (χ2v) is 5.01. The van der Waals surface area contributed by atoms with E-state index in [1.165, 1.54) is 7.11 Å². The van der Waals surface area contributed by atoms with Gasteiger partial charge in [0.25, 0.3) is 0 Å². The van der Waals surface area contributed by atoms with E-state index in [0.717, 1.165) is 0 Å². The molecule has 2 N–H and O–H groups in total. The predicted molar refractivity (Wildman–Crippen MR) is 59.5 cm³/mol. The molecule has 0 spiro atoms. The summed E-state index contributed by atoms with van der Waals surface area (Å²) in [5.74, 6) is -0.228.